The molecule has 2 nitrogen and oxygen atoms in total. The smallest absolute Gasteiger partial charge is 0.126 e. The first-order chi connectivity index (χ1) is 8.98. The molecule has 0 heterocycles. The largest absolute Gasteiger partial charge is 0.377 e. The van der Waals surface area contributed by atoms with E-state index in [-0.39, 0.29) is 17.5 Å². The van der Waals surface area contributed by atoms with Crippen LogP contribution in [0.5, 0.6) is 0 Å². The molecular formula is C16H26FNO. The quantitative estimate of drug-likeness (QED) is 0.806. The first-order valence-electron chi connectivity index (χ1n) is 7.03. The molecule has 19 heavy (non-hydrogen) atoms. The molecule has 1 rings (SSSR count). The summed E-state index contributed by atoms with van der Waals surface area (Å²) < 4.78 is 19.5. The zero-order valence-corrected chi connectivity index (χ0v) is 12.7. The number of hydrogen-bond donors (Lipinski definition) is 1. The Morgan fingerprint density at radius 2 is 2.05 bits per heavy atom. The zero-order valence-electron chi connectivity index (χ0n) is 12.7. The molecule has 108 valence electrons. The highest BCUT2D eigenvalue weighted by atomic mass is 19.1. The molecule has 0 amide bonds. The van der Waals surface area contributed by atoms with Gasteiger partial charge in [-0.25, -0.2) is 4.39 Å². The van der Waals surface area contributed by atoms with Crippen molar-refractivity contribution < 1.29 is 9.13 Å². The minimum absolute atomic E-state index is 0.00227. The Morgan fingerprint density at radius 3 is 2.53 bits per heavy atom. The van der Waals surface area contributed by atoms with Crippen LogP contribution >= 0.6 is 0 Å². The Morgan fingerprint density at radius 1 is 1.37 bits per heavy atom. The van der Waals surface area contributed by atoms with Crippen molar-refractivity contribution in [2.45, 2.75) is 52.2 Å². The van der Waals surface area contributed by atoms with Crippen molar-refractivity contribution in [1.29, 1.82) is 0 Å². The molecule has 1 aromatic rings. The highest BCUT2D eigenvalue weighted by molar-refractivity contribution is 5.27. The molecule has 0 fully saturated rings. The van der Waals surface area contributed by atoms with Gasteiger partial charge in [-0.3, -0.25) is 0 Å². The van der Waals surface area contributed by atoms with Gasteiger partial charge < -0.3 is 10.1 Å². The summed E-state index contributed by atoms with van der Waals surface area (Å²) in [4.78, 5) is 0. The molecule has 2 atom stereocenters. The average molecular weight is 267 g/mol. The van der Waals surface area contributed by atoms with Crippen molar-refractivity contribution in [3.05, 3.63) is 35.1 Å². The molecule has 0 bridgehead atoms. The molecule has 0 saturated heterocycles. The summed E-state index contributed by atoms with van der Waals surface area (Å²) in [5.74, 6) is -0.157. The van der Waals surface area contributed by atoms with E-state index in [1.165, 1.54) is 0 Å². The number of methoxy groups -OCH3 is 1. The molecule has 2 unspecified atom stereocenters. The van der Waals surface area contributed by atoms with Crippen LogP contribution < -0.4 is 5.32 Å². The van der Waals surface area contributed by atoms with E-state index in [1.54, 1.807) is 20.1 Å². The fraction of sp³-hybridized carbons (Fsp3) is 0.625. The Hall–Kier alpha value is -0.930. The Balaban J connectivity index is 3.11. The van der Waals surface area contributed by atoms with Crippen LogP contribution in [0.15, 0.2) is 18.2 Å². The lowest BCUT2D eigenvalue weighted by Crippen LogP contribution is -2.43. The van der Waals surface area contributed by atoms with Gasteiger partial charge in [0.1, 0.15) is 5.82 Å². The van der Waals surface area contributed by atoms with Gasteiger partial charge in [0.15, 0.2) is 0 Å². The van der Waals surface area contributed by atoms with Crippen molar-refractivity contribution >= 4 is 0 Å². The molecule has 0 aliphatic heterocycles. The minimum atomic E-state index is -0.336. The first kappa shape index (κ1) is 16.1. The van der Waals surface area contributed by atoms with E-state index >= 15 is 0 Å². The SMILES string of the molecule is CCCNC(c1ccc(C)c(F)c1)C(C)(CC)OC. The van der Waals surface area contributed by atoms with Crippen molar-refractivity contribution in [1.82, 2.24) is 5.32 Å². The maximum atomic E-state index is 13.8. The van der Waals surface area contributed by atoms with E-state index in [9.17, 15) is 4.39 Å². The standard InChI is InChI=1S/C16H26FNO/c1-6-10-18-15(16(4,7-2)19-5)13-9-8-12(3)14(17)11-13/h8-9,11,15,18H,6-7,10H2,1-5H3. The van der Waals surface area contributed by atoms with Crippen LogP contribution in [-0.4, -0.2) is 19.3 Å². The van der Waals surface area contributed by atoms with E-state index in [1.807, 2.05) is 12.1 Å². The van der Waals surface area contributed by atoms with Gasteiger partial charge in [-0.1, -0.05) is 26.0 Å². The summed E-state index contributed by atoms with van der Waals surface area (Å²) in [6.07, 6.45) is 1.90. The third-order valence-electron chi connectivity index (χ3n) is 3.91. The van der Waals surface area contributed by atoms with Gasteiger partial charge >= 0.3 is 0 Å². The number of hydrogen-bond acceptors (Lipinski definition) is 2. The van der Waals surface area contributed by atoms with Crippen molar-refractivity contribution in [3.63, 3.8) is 0 Å². The van der Waals surface area contributed by atoms with E-state index in [0.717, 1.165) is 24.9 Å². The van der Waals surface area contributed by atoms with Gasteiger partial charge in [0.25, 0.3) is 0 Å². The first-order valence-corrected chi connectivity index (χ1v) is 7.03. The predicted octanol–water partition coefficient (Wildman–Crippen LogP) is 3.99. The number of ether oxygens (including phenoxy) is 1. The Labute approximate surface area is 116 Å². The maximum absolute atomic E-state index is 13.8. The fourth-order valence-electron chi connectivity index (χ4n) is 2.23. The van der Waals surface area contributed by atoms with Gasteiger partial charge in [0.2, 0.25) is 0 Å². The lowest BCUT2D eigenvalue weighted by molar-refractivity contribution is -0.0300. The predicted molar refractivity (Wildman–Crippen MR) is 77.9 cm³/mol. The summed E-state index contributed by atoms with van der Waals surface area (Å²) in [7, 11) is 1.72. The van der Waals surface area contributed by atoms with Gasteiger partial charge in [-0.2, -0.15) is 0 Å². The molecule has 1 N–H and O–H groups in total. The van der Waals surface area contributed by atoms with Crippen LogP contribution in [0.25, 0.3) is 0 Å². The molecular weight excluding hydrogens is 241 g/mol. The van der Waals surface area contributed by atoms with E-state index in [2.05, 4.69) is 26.1 Å². The van der Waals surface area contributed by atoms with Crippen molar-refractivity contribution in [3.8, 4) is 0 Å². The Bertz CT molecular complexity index is 402. The monoisotopic (exact) mass is 267 g/mol. The number of benzene rings is 1. The van der Waals surface area contributed by atoms with Crippen LogP contribution in [0.1, 0.15) is 50.8 Å². The normalized spacial score (nSPS) is 16.1. The van der Waals surface area contributed by atoms with Crippen molar-refractivity contribution in [2.24, 2.45) is 0 Å². The number of halogens is 1. The van der Waals surface area contributed by atoms with Gasteiger partial charge in [-0.15, -0.1) is 0 Å². The molecule has 0 aliphatic carbocycles. The Kier molecular flexibility index (Phi) is 5.95. The van der Waals surface area contributed by atoms with Crippen LogP contribution in [0, 0.1) is 12.7 Å². The second-order valence-corrected chi connectivity index (χ2v) is 5.27. The third kappa shape index (κ3) is 3.77. The fourth-order valence-corrected chi connectivity index (χ4v) is 2.23. The van der Waals surface area contributed by atoms with Crippen molar-refractivity contribution in [2.75, 3.05) is 13.7 Å². The van der Waals surface area contributed by atoms with Gasteiger partial charge in [0.05, 0.1) is 11.6 Å². The molecule has 1 aromatic carbocycles. The highest BCUT2D eigenvalue weighted by Gasteiger charge is 2.33. The lowest BCUT2D eigenvalue weighted by Gasteiger charge is -2.37. The summed E-state index contributed by atoms with van der Waals surface area (Å²) in [6.45, 7) is 8.95. The molecule has 0 aliphatic rings. The van der Waals surface area contributed by atoms with Crippen LogP contribution in [0.4, 0.5) is 4.39 Å². The van der Waals surface area contributed by atoms with E-state index < -0.39 is 0 Å². The van der Waals surface area contributed by atoms with E-state index in [4.69, 9.17) is 4.74 Å². The molecule has 0 spiro atoms. The topological polar surface area (TPSA) is 21.3 Å². The summed E-state index contributed by atoms with van der Waals surface area (Å²) in [5.41, 5.74) is 1.29. The lowest BCUT2D eigenvalue weighted by atomic mass is 9.87. The van der Waals surface area contributed by atoms with Crippen LogP contribution in [0.2, 0.25) is 0 Å². The average Bonchev–Trinajstić information content (AvgIpc) is 2.42. The molecule has 0 aromatic heterocycles. The molecule has 3 heteroatoms. The van der Waals surface area contributed by atoms with Gasteiger partial charge in [-0.05, 0) is 50.4 Å². The highest BCUT2D eigenvalue weighted by Crippen LogP contribution is 2.32. The second-order valence-electron chi connectivity index (χ2n) is 5.27. The number of nitrogens with one attached hydrogen (secondary N) is 1. The zero-order chi connectivity index (χ0) is 14.5. The van der Waals surface area contributed by atoms with Crippen LogP contribution in [0.3, 0.4) is 0 Å². The summed E-state index contributed by atoms with van der Waals surface area (Å²) in [6, 6.07) is 5.43. The summed E-state index contributed by atoms with van der Waals surface area (Å²) >= 11 is 0. The number of aryl methyl sites for hydroxylation is 1. The summed E-state index contributed by atoms with van der Waals surface area (Å²) in [5, 5.41) is 3.48. The minimum Gasteiger partial charge on any atom is -0.377 e. The third-order valence-corrected chi connectivity index (χ3v) is 3.91. The van der Waals surface area contributed by atoms with Gasteiger partial charge in [0, 0.05) is 7.11 Å². The van der Waals surface area contributed by atoms with Crippen LogP contribution in [-0.2, 0) is 4.74 Å². The molecule has 0 radical (unpaired) electrons. The number of rotatable bonds is 7. The van der Waals surface area contributed by atoms with E-state index in [0.29, 0.717) is 5.56 Å². The second kappa shape index (κ2) is 7.01. The molecule has 0 saturated carbocycles. The maximum Gasteiger partial charge on any atom is 0.126 e.